The zero-order valence-electron chi connectivity index (χ0n) is 9.89. The average Bonchev–Trinajstić information content (AvgIpc) is 2.31. The number of anilines is 1. The van der Waals surface area contributed by atoms with Crippen molar-refractivity contribution in [3.63, 3.8) is 0 Å². The molecule has 1 amide bonds. The predicted molar refractivity (Wildman–Crippen MR) is 75.5 cm³/mol. The highest BCUT2D eigenvalue weighted by Gasteiger charge is 2.05. The van der Waals surface area contributed by atoms with Crippen molar-refractivity contribution in [2.45, 2.75) is 26.3 Å². The summed E-state index contributed by atoms with van der Waals surface area (Å²) in [5.74, 6) is -0.0660. The van der Waals surface area contributed by atoms with Crippen LogP contribution in [0.15, 0.2) is 22.7 Å². The average molecular weight is 320 g/mol. The van der Waals surface area contributed by atoms with E-state index in [2.05, 4.69) is 33.5 Å². The molecular formula is C12H16BrClN2O. The first-order valence-electron chi connectivity index (χ1n) is 5.51. The van der Waals surface area contributed by atoms with Gasteiger partial charge in [-0.25, -0.2) is 0 Å². The van der Waals surface area contributed by atoms with Crippen molar-refractivity contribution in [1.29, 1.82) is 0 Å². The fraction of sp³-hybridized carbons (Fsp3) is 0.417. The van der Waals surface area contributed by atoms with E-state index in [0.29, 0.717) is 23.3 Å². The number of amides is 1. The van der Waals surface area contributed by atoms with Crippen LogP contribution >= 0.6 is 27.5 Å². The van der Waals surface area contributed by atoms with E-state index in [1.165, 1.54) is 0 Å². The highest BCUT2D eigenvalue weighted by molar-refractivity contribution is 9.10. The van der Waals surface area contributed by atoms with E-state index in [1.807, 2.05) is 6.92 Å². The first-order chi connectivity index (χ1) is 8.02. The number of benzene rings is 1. The lowest BCUT2D eigenvalue weighted by Gasteiger charge is -2.11. The number of carbonyl (C=O) groups is 1. The van der Waals surface area contributed by atoms with Gasteiger partial charge in [0.1, 0.15) is 0 Å². The molecule has 94 valence electrons. The van der Waals surface area contributed by atoms with E-state index in [1.54, 1.807) is 18.2 Å². The number of hydrogen-bond acceptors (Lipinski definition) is 2. The summed E-state index contributed by atoms with van der Waals surface area (Å²) in [4.78, 5) is 11.6. The Labute approximate surface area is 115 Å². The number of hydrogen-bond donors (Lipinski definition) is 2. The molecule has 0 fully saturated rings. The van der Waals surface area contributed by atoms with E-state index in [-0.39, 0.29) is 5.91 Å². The van der Waals surface area contributed by atoms with Gasteiger partial charge in [-0.05, 0) is 47.5 Å². The molecular weight excluding hydrogens is 304 g/mol. The van der Waals surface area contributed by atoms with Crippen LogP contribution in [0.5, 0.6) is 0 Å². The second kappa shape index (κ2) is 6.99. The molecule has 1 aromatic carbocycles. The molecule has 0 aromatic heterocycles. The predicted octanol–water partition coefficient (Wildman–Crippen LogP) is 3.43. The van der Waals surface area contributed by atoms with Crippen molar-refractivity contribution in [3.05, 3.63) is 27.7 Å². The monoisotopic (exact) mass is 318 g/mol. The molecule has 17 heavy (non-hydrogen) atoms. The van der Waals surface area contributed by atoms with Crippen molar-refractivity contribution in [2.24, 2.45) is 0 Å². The Kier molecular flexibility index (Phi) is 5.95. The molecule has 0 aliphatic rings. The molecule has 3 nitrogen and oxygen atoms in total. The summed E-state index contributed by atoms with van der Waals surface area (Å²) in [7, 11) is 0. The van der Waals surface area contributed by atoms with Crippen molar-refractivity contribution in [1.82, 2.24) is 5.32 Å². The van der Waals surface area contributed by atoms with Gasteiger partial charge in [0.05, 0.1) is 11.6 Å². The molecule has 1 aromatic rings. The molecule has 2 N–H and O–H groups in total. The Hall–Kier alpha value is -0.580. The SMILES string of the molecule is CCC(C)NCC(=O)Nc1ccc(Br)c(Cl)c1. The minimum Gasteiger partial charge on any atom is -0.325 e. The minimum atomic E-state index is -0.0660. The van der Waals surface area contributed by atoms with Gasteiger partial charge < -0.3 is 10.6 Å². The van der Waals surface area contributed by atoms with E-state index in [0.717, 1.165) is 10.9 Å². The smallest absolute Gasteiger partial charge is 0.238 e. The fourth-order valence-corrected chi connectivity index (χ4v) is 1.62. The van der Waals surface area contributed by atoms with Crippen LogP contribution in [0.4, 0.5) is 5.69 Å². The molecule has 0 saturated heterocycles. The highest BCUT2D eigenvalue weighted by atomic mass is 79.9. The van der Waals surface area contributed by atoms with Gasteiger partial charge in [-0.15, -0.1) is 0 Å². The van der Waals surface area contributed by atoms with Gasteiger partial charge in [-0.2, -0.15) is 0 Å². The lowest BCUT2D eigenvalue weighted by molar-refractivity contribution is -0.115. The number of nitrogens with one attached hydrogen (secondary N) is 2. The summed E-state index contributed by atoms with van der Waals surface area (Å²) in [6.07, 6.45) is 0.997. The van der Waals surface area contributed by atoms with Crippen LogP contribution in [0.1, 0.15) is 20.3 Å². The summed E-state index contributed by atoms with van der Waals surface area (Å²) in [6.45, 7) is 4.43. The second-order valence-electron chi connectivity index (χ2n) is 3.87. The molecule has 0 heterocycles. The second-order valence-corrected chi connectivity index (χ2v) is 5.13. The number of halogens is 2. The highest BCUT2D eigenvalue weighted by Crippen LogP contribution is 2.25. The van der Waals surface area contributed by atoms with Crippen molar-refractivity contribution in [3.8, 4) is 0 Å². The summed E-state index contributed by atoms with van der Waals surface area (Å²) in [6, 6.07) is 5.67. The quantitative estimate of drug-likeness (QED) is 0.873. The van der Waals surface area contributed by atoms with E-state index in [4.69, 9.17) is 11.6 Å². The van der Waals surface area contributed by atoms with Crippen LogP contribution in [-0.2, 0) is 4.79 Å². The van der Waals surface area contributed by atoms with Gasteiger partial charge in [0.15, 0.2) is 0 Å². The molecule has 0 bridgehead atoms. The van der Waals surface area contributed by atoms with Gasteiger partial charge in [0.25, 0.3) is 0 Å². The fourth-order valence-electron chi connectivity index (χ4n) is 1.19. The van der Waals surface area contributed by atoms with Crippen molar-refractivity contribution in [2.75, 3.05) is 11.9 Å². The van der Waals surface area contributed by atoms with Gasteiger partial charge in [0.2, 0.25) is 5.91 Å². The zero-order valence-corrected chi connectivity index (χ0v) is 12.2. The van der Waals surface area contributed by atoms with Crippen LogP contribution in [0.25, 0.3) is 0 Å². The molecule has 0 spiro atoms. The summed E-state index contributed by atoms with van der Waals surface area (Å²) in [5.41, 5.74) is 0.703. The third-order valence-electron chi connectivity index (χ3n) is 2.43. The summed E-state index contributed by atoms with van der Waals surface area (Å²) < 4.78 is 0.815. The first-order valence-corrected chi connectivity index (χ1v) is 6.68. The Bertz CT molecular complexity index is 398. The minimum absolute atomic E-state index is 0.0660. The number of rotatable bonds is 5. The maximum Gasteiger partial charge on any atom is 0.238 e. The topological polar surface area (TPSA) is 41.1 Å². The maximum absolute atomic E-state index is 11.6. The molecule has 5 heteroatoms. The largest absolute Gasteiger partial charge is 0.325 e. The van der Waals surface area contributed by atoms with Gasteiger partial charge in [-0.1, -0.05) is 18.5 Å². The van der Waals surface area contributed by atoms with E-state index >= 15 is 0 Å². The third-order valence-corrected chi connectivity index (χ3v) is 3.66. The summed E-state index contributed by atoms with van der Waals surface area (Å²) >= 11 is 9.23. The van der Waals surface area contributed by atoms with E-state index in [9.17, 15) is 4.79 Å². The Morgan fingerprint density at radius 1 is 1.53 bits per heavy atom. The first kappa shape index (κ1) is 14.5. The van der Waals surface area contributed by atoms with Crippen molar-refractivity contribution >= 4 is 39.1 Å². The maximum atomic E-state index is 11.6. The molecule has 1 atom stereocenters. The van der Waals surface area contributed by atoms with Crippen LogP contribution in [-0.4, -0.2) is 18.5 Å². The molecule has 1 unspecified atom stereocenters. The van der Waals surface area contributed by atoms with Crippen LogP contribution in [0.2, 0.25) is 5.02 Å². The number of carbonyl (C=O) groups excluding carboxylic acids is 1. The Morgan fingerprint density at radius 3 is 2.82 bits per heavy atom. The zero-order chi connectivity index (χ0) is 12.8. The normalized spacial score (nSPS) is 12.2. The van der Waals surface area contributed by atoms with Crippen molar-refractivity contribution < 1.29 is 4.79 Å². The van der Waals surface area contributed by atoms with E-state index < -0.39 is 0 Å². The lowest BCUT2D eigenvalue weighted by atomic mass is 10.2. The van der Waals surface area contributed by atoms with Crippen LogP contribution < -0.4 is 10.6 Å². The molecule has 0 aliphatic carbocycles. The Balaban J connectivity index is 2.48. The molecule has 0 aliphatic heterocycles. The summed E-state index contributed by atoms with van der Waals surface area (Å²) in [5, 5.41) is 6.49. The Morgan fingerprint density at radius 2 is 2.24 bits per heavy atom. The van der Waals surface area contributed by atoms with Gasteiger partial charge in [0, 0.05) is 16.2 Å². The molecule has 1 rings (SSSR count). The van der Waals surface area contributed by atoms with Crippen LogP contribution in [0.3, 0.4) is 0 Å². The lowest BCUT2D eigenvalue weighted by Crippen LogP contribution is -2.33. The van der Waals surface area contributed by atoms with Crippen LogP contribution in [0, 0.1) is 0 Å². The van der Waals surface area contributed by atoms with Gasteiger partial charge >= 0.3 is 0 Å². The van der Waals surface area contributed by atoms with Gasteiger partial charge in [-0.3, -0.25) is 4.79 Å². The molecule has 0 radical (unpaired) electrons. The standard InChI is InChI=1S/C12H16BrClN2O/c1-3-8(2)15-7-12(17)16-9-4-5-10(13)11(14)6-9/h4-6,8,15H,3,7H2,1-2H3,(H,16,17). The third kappa shape index (κ3) is 5.06. The molecule has 0 saturated carbocycles.